The van der Waals surface area contributed by atoms with Crippen molar-refractivity contribution in [3.05, 3.63) is 87.9 Å². The maximum Gasteiger partial charge on any atom is 0.326 e. The minimum Gasteiger partial charge on any atom is -0.497 e. The van der Waals surface area contributed by atoms with Gasteiger partial charge in [0.2, 0.25) is 0 Å². The van der Waals surface area contributed by atoms with Crippen LogP contribution in [0.1, 0.15) is 35.7 Å². The summed E-state index contributed by atoms with van der Waals surface area (Å²) in [6.45, 7) is 5.59. The molecule has 3 aromatic rings. The lowest BCUT2D eigenvalue weighted by Crippen LogP contribution is -2.54. The molecule has 2 aliphatic rings. The highest BCUT2D eigenvalue weighted by atomic mass is 79.9. The first kappa shape index (κ1) is 29.2. The van der Waals surface area contributed by atoms with Gasteiger partial charge in [-0.1, -0.05) is 57.8 Å². The molecule has 0 bridgehead atoms. The summed E-state index contributed by atoms with van der Waals surface area (Å²) in [6.07, 6.45) is 0. The molecule has 41 heavy (non-hydrogen) atoms. The van der Waals surface area contributed by atoms with Gasteiger partial charge in [0.1, 0.15) is 31.2 Å². The highest BCUT2D eigenvalue weighted by molar-refractivity contribution is 9.10. The van der Waals surface area contributed by atoms with E-state index >= 15 is 0 Å². The molecule has 2 amide bonds. The Balaban J connectivity index is 1.64. The number of aliphatic imine (C=N–C) groups is 1. The first-order valence-corrected chi connectivity index (χ1v) is 14.6. The van der Waals surface area contributed by atoms with Gasteiger partial charge in [-0.25, -0.2) is 4.79 Å². The minimum atomic E-state index is -0.402. The van der Waals surface area contributed by atoms with E-state index in [-0.39, 0.29) is 18.7 Å². The molecule has 2 heterocycles. The number of ether oxygens (including phenoxy) is 2. The normalized spacial score (nSPS) is 19.3. The van der Waals surface area contributed by atoms with Crippen LogP contribution >= 0.6 is 15.9 Å². The molecule has 1 saturated heterocycles. The molecular formula is C31H34BBrN4O4. The van der Waals surface area contributed by atoms with Crippen LogP contribution in [0.15, 0.2) is 76.2 Å². The van der Waals surface area contributed by atoms with E-state index in [1.807, 2.05) is 83.5 Å². The number of urea groups is 1. The Morgan fingerprint density at radius 3 is 2.34 bits per heavy atom. The number of benzene rings is 3. The lowest BCUT2D eigenvalue weighted by Gasteiger charge is -2.39. The summed E-state index contributed by atoms with van der Waals surface area (Å²) in [5.41, 5.74) is 3.31. The highest BCUT2D eigenvalue weighted by Gasteiger charge is 2.45. The standard InChI is InChI=1S/C31H34BBrN4O4/c1-3-41-27-20-25(40-2)12-13-26(27)30-34-28(21-4-8-23(32)9-5-21)29(22-6-10-24(33)11-7-22)37(30)31(39)36-16-14-35(15-17-36)18-19-38/h4-13,20,28-29,38H,3,14-19H2,1-2H3/t28-,29+/m0/s1. The predicted molar refractivity (Wildman–Crippen MR) is 164 cm³/mol. The van der Waals surface area contributed by atoms with E-state index in [4.69, 9.17) is 22.3 Å². The molecule has 212 valence electrons. The van der Waals surface area contributed by atoms with E-state index in [9.17, 15) is 9.90 Å². The van der Waals surface area contributed by atoms with Crippen LogP contribution in [-0.2, 0) is 0 Å². The lowest BCUT2D eigenvalue weighted by molar-refractivity contribution is 0.108. The van der Waals surface area contributed by atoms with Gasteiger partial charge < -0.3 is 19.5 Å². The summed E-state index contributed by atoms with van der Waals surface area (Å²) in [5.74, 6) is 1.81. The number of β-amino-alcohol motifs (C(OH)–C–C–N with tert-alkyl or cyclic N) is 1. The number of amidine groups is 1. The van der Waals surface area contributed by atoms with Gasteiger partial charge in [0.15, 0.2) is 0 Å². The summed E-state index contributed by atoms with van der Waals surface area (Å²) in [7, 11) is 7.65. The number of methoxy groups -OCH3 is 1. The SMILES string of the molecule is [B]c1ccc([C@@H]2N=C(c3ccc(OC)cc3OCC)N(C(=O)N3CCN(CCO)CC3)[C@@H]2c2ccc(Br)cc2)cc1. The number of aliphatic hydroxyl groups is 1. The van der Waals surface area contributed by atoms with Crippen molar-refractivity contribution in [3.8, 4) is 11.5 Å². The minimum absolute atomic E-state index is 0.101. The van der Waals surface area contributed by atoms with Crippen LogP contribution in [0, 0.1) is 0 Å². The van der Waals surface area contributed by atoms with Crippen LogP contribution in [0.5, 0.6) is 11.5 Å². The number of aliphatic hydroxyl groups excluding tert-OH is 1. The summed E-state index contributed by atoms with van der Waals surface area (Å²) in [4.78, 5) is 25.7. The molecule has 10 heteroatoms. The summed E-state index contributed by atoms with van der Waals surface area (Å²) >= 11 is 3.55. The van der Waals surface area contributed by atoms with Crippen molar-refractivity contribution in [3.63, 3.8) is 0 Å². The zero-order valence-electron chi connectivity index (χ0n) is 23.4. The molecule has 2 aliphatic heterocycles. The number of nitrogens with zero attached hydrogens (tertiary/aromatic N) is 4. The lowest BCUT2D eigenvalue weighted by atomic mass is 9.90. The van der Waals surface area contributed by atoms with Crippen LogP contribution in [0.3, 0.4) is 0 Å². The Kier molecular flexibility index (Phi) is 9.32. The van der Waals surface area contributed by atoms with Crippen LogP contribution in [-0.4, -0.2) is 92.6 Å². The van der Waals surface area contributed by atoms with E-state index in [1.54, 1.807) is 7.11 Å². The maximum absolute atomic E-state index is 14.5. The molecule has 0 saturated carbocycles. The number of piperazine rings is 1. The number of rotatable bonds is 8. The smallest absolute Gasteiger partial charge is 0.326 e. The molecule has 1 N–H and O–H groups in total. The van der Waals surface area contributed by atoms with E-state index in [0.29, 0.717) is 62.1 Å². The molecule has 0 spiro atoms. The number of hydrogen-bond acceptors (Lipinski definition) is 6. The van der Waals surface area contributed by atoms with Gasteiger partial charge in [-0.15, -0.1) is 0 Å². The molecule has 1 fully saturated rings. The van der Waals surface area contributed by atoms with Crippen LogP contribution in [0.2, 0.25) is 0 Å². The van der Waals surface area contributed by atoms with Crippen molar-refractivity contribution in [2.24, 2.45) is 4.99 Å². The largest absolute Gasteiger partial charge is 0.497 e. The van der Waals surface area contributed by atoms with Crippen molar-refractivity contribution in [1.82, 2.24) is 14.7 Å². The molecule has 2 atom stereocenters. The average molecular weight is 617 g/mol. The summed E-state index contributed by atoms with van der Waals surface area (Å²) < 4.78 is 12.5. The van der Waals surface area contributed by atoms with Gasteiger partial charge in [-0.2, -0.15) is 0 Å². The third-order valence-electron chi connectivity index (χ3n) is 7.55. The van der Waals surface area contributed by atoms with Crippen LogP contribution < -0.4 is 14.9 Å². The highest BCUT2D eigenvalue weighted by Crippen LogP contribution is 2.45. The monoisotopic (exact) mass is 616 g/mol. The van der Waals surface area contributed by atoms with Gasteiger partial charge in [0, 0.05) is 43.3 Å². The van der Waals surface area contributed by atoms with Crippen molar-refractivity contribution < 1.29 is 19.4 Å². The summed E-state index contributed by atoms with van der Waals surface area (Å²) in [6, 6.07) is 20.5. The van der Waals surface area contributed by atoms with Gasteiger partial charge in [0.05, 0.1) is 31.9 Å². The second kappa shape index (κ2) is 13.1. The van der Waals surface area contributed by atoms with E-state index in [1.165, 1.54) is 0 Å². The van der Waals surface area contributed by atoms with Gasteiger partial charge in [0.25, 0.3) is 0 Å². The first-order chi connectivity index (χ1) is 19.9. The van der Waals surface area contributed by atoms with E-state index in [0.717, 1.165) is 21.2 Å². The molecule has 0 unspecified atom stereocenters. The van der Waals surface area contributed by atoms with Crippen molar-refractivity contribution in [2.45, 2.75) is 19.0 Å². The number of carbonyl (C=O) groups is 1. The molecule has 3 aromatic carbocycles. The second-order valence-electron chi connectivity index (χ2n) is 10.1. The fourth-order valence-electron chi connectivity index (χ4n) is 5.43. The predicted octanol–water partition coefficient (Wildman–Crippen LogP) is 3.92. The van der Waals surface area contributed by atoms with Crippen molar-refractivity contribution in [1.29, 1.82) is 0 Å². The zero-order valence-corrected chi connectivity index (χ0v) is 25.0. The van der Waals surface area contributed by atoms with Crippen LogP contribution in [0.25, 0.3) is 0 Å². The first-order valence-electron chi connectivity index (χ1n) is 13.8. The molecular weight excluding hydrogens is 583 g/mol. The summed E-state index contributed by atoms with van der Waals surface area (Å²) in [5, 5.41) is 9.39. The average Bonchev–Trinajstić information content (AvgIpc) is 3.38. The molecule has 8 nitrogen and oxygen atoms in total. The van der Waals surface area contributed by atoms with Gasteiger partial charge in [-0.05, 0) is 42.3 Å². The Morgan fingerprint density at radius 1 is 1.02 bits per heavy atom. The molecule has 5 rings (SSSR count). The third kappa shape index (κ3) is 6.29. The Labute approximate surface area is 251 Å². The van der Waals surface area contributed by atoms with E-state index < -0.39 is 6.04 Å². The van der Waals surface area contributed by atoms with E-state index in [2.05, 4.69) is 20.8 Å². The molecule has 2 radical (unpaired) electrons. The van der Waals surface area contributed by atoms with Gasteiger partial charge >= 0.3 is 6.03 Å². The number of carbonyl (C=O) groups excluding carboxylic acids is 1. The quantitative estimate of drug-likeness (QED) is 0.388. The van der Waals surface area contributed by atoms with Gasteiger partial charge in [-0.3, -0.25) is 14.8 Å². The van der Waals surface area contributed by atoms with Crippen molar-refractivity contribution >= 4 is 41.1 Å². The Morgan fingerprint density at radius 2 is 1.71 bits per heavy atom. The Hall–Kier alpha value is -3.34. The topological polar surface area (TPSA) is 77.8 Å². The fourth-order valence-corrected chi connectivity index (χ4v) is 5.70. The molecule has 0 aromatic heterocycles. The number of amides is 2. The Bertz CT molecular complexity index is 1380. The van der Waals surface area contributed by atoms with Crippen molar-refractivity contribution in [2.75, 3.05) is 53.0 Å². The zero-order chi connectivity index (χ0) is 28.9. The maximum atomic E-state index is 14.5. The number of hydrogen-bond donors (Lipinski definition) is 1. The third-order valence-corrected chi connectivity index (χ3v) is 8.08. The van der Waals surface area contributed by atoms with Crippen LogP contribution in [0.4, 0.5) is 4.79 Å². The number of halogens is 1. The second-order valence-corrected chi connectivity index (χ2v) is 11.0. The molecule has 0 aliphatic carbocycles. The fraction of sp³-hybridized carbons (Fsp3) is 0.355.